The van der Waals surface area contributed by atoms with E-state index in [1.165, 1.54) is 11.3 Å². The number of thiocarbonyl (C=S) groups is 1. The number of halogens is 1. The zero-order valence-electron chi connectivity index (χ0n) is 14.9. The van der Waals surface area contributed by atoms with E-state index in [1.54, 1.807) is 12.1 Å². The Labute approximate surface area is 173 Å². The molecule has 2 N–H and O–H groups in total. The molecule has 0 fully saturated rings. The van der Waals surface area contributed by atoms with Crippen LogP contribution in [0, 0.1) is 0 Å². The van der Waals surface area contributed by atoms with Crippen molar-refractivity contribution in [2.75, 3.05) is 24.3 Å². The summed E-state index contributed by atoms with van der Waals surface area (Å²) in [4.78, 5) is 3.16. The summed E-state index contributed by atoms with van der Waals surface area (Å²) < 4.78 is 1.81. The second kappa shape index (κ2) is 8.52. The van der Waals surface area contributed by atoms with Gasteiger partial charge in [0.2, 0.25) is 5.76 Å². The van der Waals surface area contributed by atoms with Crippen LogP contribution in [0.4, 0.5) is 11.4 Å². The Bertz CT molecular complexity index is 950. The molecular weight excluding hydrogens is 398 g/mol. The average Bonchev–Trinajstić information content (AvgIpc) is 3.19. The van der Waals surface area contributed by atoms with E-state index >= 15 is 0 Å². The first kappa shape index (κ1) is 19.4. The minimum absolute atomic E-state index is 0.124. The lowest BCUT2D eigenvalue weighted by molar-refractivity contribution is -0.575. The predicted molar refractivity (Wildman–Crippen MR) is 119 cm³/mol. The highest BCUT2D eigenvalue weighted by Gasteiger charge is 2.24. The highest BCUT2D eigenvalue weighted by atomic mass is 35.5. The second-order valence-corrected chi connectivity index (χ2v) is 7.79. The summed E-state index contributed by atoms with van der Waals surface area (Å²) in [6, 6.07) is 14.9. The van der Waals surface area contributed by atoms with Crippen molar-refractivity contribution >= 4 is 63.0 Å². The first-order valence-corrected chi connectivity index (χ1v) is 9.85. The Morgan fingerprint density at radius 3 is 2.33 bits per heavy atom. The van der Waals surface area contributed by atoms with E-state index in [9.17, 15) is 5.11 Å². The Morgan fingerprint density at radius 1 is 1.11 bits per heavy atom. The van der Waals surface area contributed by atoms with Gasteiger partial charge >= 0.3 is 0 Å². The molecule has 0 aliphatic heterocycles. The van der Waals surface area contributed by atoms with Crippen LogP contribution in [0.25, 0.3) is 11.5 Å². The largest absolute Gasteiger partial charge is 0.501 e. The lowest BCUT2D eigenvalue weighted by atomic mass is 10.2. The van der Waals surface area contributed by atoms with Crippen LogP contribution < -0.4 is 14.8 Å². The number of rotatable bonds is 5. The molecule has 0 amide bonds. The van der Waals surface area contributed by atoms with Crippen LogP contribution in [0.5, 0.6) is 0 Å². The maximum absolute atomic E-state index is 10.9. The molecule has 0 bridgehead atoms. The Hall–Kier alpha value is -2.41. The molecule has 4 nitrogen and oxygen atoms in total. The van der Waals surface area contributed by atoms with Gasteiger partial charge in [0.1, 0.15) is 0 Å². The minimum Gasteiger partial charge on any atom is -0.501 e. The van der Waals surface area contributed by atoms with Crippen molar-refractivity contribution in [3.63, 3.8) is 0 Å². The number of aliphatic hydroxyl groups excluding tert-OH is 1. The van der Waals surface area contributed by atoms with Gasteiger partial charge in [-0.2, -0.15) is 4.57 Å². The summed E-state index contributed by atoms with van der Waals surface area (Å²) in [6.07, 6.45) is 3.76. The first-order chi connectivity index (χ1) is 13.0. The molecule has 0 aliphatic carbocycles. The Balaban J connectivity index is 2.01. The molecule has 0 atom stereocenters. The number of nitrogens with one attached hydrogen (secondary N) is 1. The molecule has 0 radical (unpaired) electrons. The second-order valence-electron chi connectivity index (χ2n) is 5.99. The molecule has 7 heteroatoms. The zero-order valence-corrected chi connectivity index (χ0v) is 17.3. The summed E-state index contributed by atoms with van der Waals surface area (Å²) in [5, 5.41) is 16.6. The van der Waals surface area contributed by atoms with Gasteiger partial charge in [-0.05, 0) is 35.7 Å². The molecule has 0 aliphatic rings. The number of aromatic nitrogens is 1. The monoisotopic (exact) mass is 416 g/mol. The molecule has 27 heavy (non-hydrogen) atoms. The Morgan fingerprint density at radius 2 is 1.78 bits per heavy atom. The molecule has 2 aromatic heterocycles. The summed E-state index contributed by atoms with van der Waals surface area (Å²) in [5.41, 5.74) is 2.36. The van der Waals surface area contributed by atoms with Crippen LogP contribution in [-0.4, -0.2) is 24.2 Å². The number of aliphatic hydroxyl groups is 1. The number of benzene rings is 1. The van der Waals surface area contributed by atoms with Crippen molar-refractivity contribution in [2.24, 2.45) is 0 Å². The van der Waals surface area contributed by atoms with Gasteiger partial charge in [0.15, 0.2) is 17.4 Å². The molecule has 2 heterocycles. The summed E-state index contributed by atoms with van der Waals surface area (Å²) >= 11 is 13.0. The van der Waals surface area contributed by atoms with E-state index in [1.807, 2.05) is 77.7 Å². The van der Waals surface area contributed by atoms with Crippen molar-refractivity contribution in [1.29, 1.82) is 0 Å². The maximum Gasteiger partial charge on any atom is 0.289 e. The van der Waals surface area contributed by atoms with Crippen LogP contribution in [0.1, 0.15) is 4.88 Å². The molecule has 0 unspecified atom stereocenters. The topological polar surface area (TPSA) is 39.4 Å². The first-order valence-electron chi connectivity index (χ1n) is 8.19. The van der Waals surface area contributed by atoms with Crippen LogP contribution in [0.15, 0.2) is 66.3 Å². The normalized spacial score (nSPS) is 11.7. The predicted octanol–water partition coefficient (Wildman–Crippen LogP) is 5.08. The van der Waals surface area contributed by atoms with E-state index < -0.39 is 0 Å². The van der Waals surface area contributed by atoms with Crippen molar-refractivity contribution in [1.82, 2.24) is 0 Å². The van der Waals surface area contributed by atoms with Gasteiger partial charge in [-0.3, -0.25) is 0 Å². The number of hydrogen-bond acceptors (Lipinski definition) is 4. The third-order valence-electron chi connectivity index (χ3n) is 3.88. The average molecular weight is 417 g/mol. The summed E-state index contributed by atoms with van der Waals surface area (Å²) in [5.74, 6) is 0.124. The lowest BCUT2D eigenvalue weighted by Crippen LogP contribution is -2.38. The molecule has 0 spiro atoms. The van der Waals surface area contributed by atoms with E-state index in [0.29, 0.717) is 15.7 Å². The van der Waals surface area contributed by atoms with Gasteiger partial charge in [-0.15, -0.1) is 11.3 Å². The molecule has 138 valence electrons. The quantitative estimate of drug-likeness (QED) is 0.263. The number of hydrogen-bond donors (Lipinski definition) is 2. The van der Waals surface area contributed by atoms with Crippen molar-refractivity contribution < 1.29 is 9.67 Å². The summed E-state index contributed by atoms with van der Waals surface area (Å²) in [7, 11) is 3.96. The van der Waals surface area contributed by atoms with Crippen molar-refractivity contribution in [3.05, 3.63) is 76.2 Å². The number of pyridine rings is 1. The fourth-order valence-electron chi connectivity index (χ4n) is 2.47. The SMILES string of the molecule is CN(C)c1cc[n+](C(C(=S)Nc2ccc(Cl)cc2)=C(O)c2cccs2)cc1. The van der Waals surface area contributed by atoms with E-state index in [-0.39, 0.29) is 5.76 Å². The molecule has 3 aromatic rings. The molecular formula is C20H19ClN3OS2+. The lowest BCUT2D eigenvalue weighted by Gasteiger charge is -2.12. The van der Waals surface area contributed by atoms with E-state index in [0.717, 1.165) is 16.3 Å². The van der Waals surface area contributed by atoms with Gasteiger partial charge in [-0.1, -0.05) is 29.9 Å². The Kier molecular flexibility index (Phi) is 6.11. The van der Waals surface area contributed by atoms with Gasteiger partial charge in [-0.25, -0.2) is 0 Å². The van der Waals surface area contributed by atoms with Gasteiger partial charge in [0.25, 0.3) is 5.70 Å². The standard InChI is InChI=1S/C20H18ClN3OS2/c1-23(2)16-9-11-24(12-10-16)18(19(25)17-4-3-13-27-17)20(26)22-15-7-5-14(21)6-8-15/h3-13H,1-2H3,(H-,22,25,26)/p+1. The van der Waals surface area contributed by atoms with Gasteiger partial charge in [0.05, 0.1) is 4.88 Å². The highest BCUT2D eigenvalue weighted by molar-refractivity contribution is 7.81. The maximum atomic E-state index is 10.9. The van der Waals surface area contributed by atoms with Gasteiger partial charge in [0, 0.05) is 42.6 Å². The number of anilines is 2. The van der Waals surface area contributed by atoms with Crippen molar-refractivity contribution in [2.45, 2.75) is 0 Å². The molecule has 0 saturated carbocycles. The molecule has 3 rings (SSSR count). The fraction of sp³-hybridized carbons (Fsp3) is 0.100. The number of thiophene rings is 1. The minimum atomic E-state index is 0.124. The van der Waals surface area contributed by atoms with E-state index in [4.69, 9.17) is 23.8 Å². The summed E-state index contributed by atoms with van der Waals surface area (Å²) in [6.45, 7) is 0. The van der Waals surface area contributed by atoms with Crippen LogP contribution in [0.2, 0.25) is 5.02 Å². The smallest absolute Gasteiger partial charge is 0.289 e. The highest BCUT2D eigenvalue weighted by Crippen LogP contribution is 2.23. The number of nitrogens with zero attached hydrogens (tertiary/aromatic N) is 2. The third kappa shape index (κ3) is 4.66. The third-order valence-corrected chi connectivity index (χ3v) is 5.31. The molecule has 0 saturated heterocycles. The fourth-order valence-corrected chi connectivity index (χ4v) is 3.58. The van der Waals surface area contributed by atoms with Crippen LogP contribution in [-0.2, 0) is 0 Å². The van der Waals surface area contributed by atoms with Gasteiger partial charge < -0.3 is 15.3 Å². The van der Waals surface area contributed by atoms with E-state index in [2.05, 4.69) is 5.32 Å². The molecule has 1 aromatic carbocycles. The zero-order chi connectivity index (χ0) is 19.4. The van der Waals surface area contributed by atoms with Crippen LogP contribution in [0.3, 0.4) is 0 Å². The van der Waals surface area contributed by atoms with Crippen LogP contribution >= 0.6 is 35.2 Å². The van der Waals surface area contributed by atoms with Crippen molar-refractivity contribution in [3.8, 4) is 0 Å².